The number of nitrogens with one attached hydrogen (secondary N) is 1. The van der Waals surface area contributed by atoms with Crippen molar-refractivity contribution in [1.82, 2.24) is 14.3 Å². The fraction of sp³-hybridized carbons (Fsp3) is 0.333. The molecule has 3 aromatic rings. The van der Waals surface area contributed by atoms with Crippen LogP contribution in [-0.4, -0.2) is 50.0 Å². The molecule has 0 saturated carbocycles. The first-order valence-corrected chi connectivity index (χ1v) is 11.1. The summed E-state index contributed by atoms with van der Waals surface area (Å²) >= 11 is 0. The number of hydrogen-bond acceptors (Lipinski definition) is 7. The molecule has 0 unspecified atom stereocenters. The molecule has 0 aliphatic carbocycles. The fourth-order valence-electron chi connectivity index (χ4n) is 3.13. The average Bonchev–Trinajstić information content (AvgIpc) is 2.77. The molecule has 0 bridgehead atoms. The van der Waals surface area contributed by atoms with E-state index in [9.17, 15) is 8.42 Å². The molecule has 0 amide bonds. The number of fused-ring (bicyclic) bond motifs is 1. The van der Waals surface area contributed by atoms with Crippen LogP contribution in [0.4, 0.5) is 5.82 Å². The molecule has 3 rings (SSSR count). The Balaban J connectivity index is 1.80. The van der Waals surface area contributed by atoms with Crippen LogP contribution in [0.5, 0.6) is 11.5 Å². The summed E-state index contributed by atoms with van der Waals surface area (Å²) in [5.41, 5.74) is 2.14. The Hall–Kier alpha value is -2.91. The molecule has 0 atom stereocenters. The first-order valence-electron chi connectivity index (χ1n) is 9.64. The normalized spacial score (nSPS) is 11.6. The van der Waals surface area contributed by atoms with Gasteiger partial charge in [-0.25, -0.2) is 13.4 Å². The molecular weight excluding hydrogens is 404 g/mol. The van der Waals surface area contributed by atoms with E-state index < -0.39 is 10.0 Å². The minimum Gasteiger partial charge on any atom is -0.493 e. The number of rotatable bonds is 9. The van der Waals surface area contributed by atoms with E-state index in [0.717, 1.165) is 5.56 Å². The molecule has 1 N–H and O–H groups in total. The molecular formula is C21H26N4O4S. The van der Waals surface area contributed by atoms with Crippen LogP contribution in [0.15, 0.2) is 47.5 Å². The minimum absolute atomic E-state index is 0.221. The topological polar surface area (TPSA) is 93.7 Å². The summed E-state index contributed by atoms with van der Waals surface area (Å²) in [6, 6.07) is 10.5. The lowest BCUT2D eigenvalue weighted by molar-refractivity contribution is 0.354. The van der Waals surface area contributed by atoms with E-state index >= 15 is 0 Å². The largest absolute Gasteiger partial charge is 0.493 e. The number of hydrogen-bond donors (Lipinski definition) is 1. The van der Waals surface area contributed by atoms with Crippen LogP contribution in [0.3, 0.4) is 0 Å². The quantitative estimate of drug-likeness (QED) is 0.557. The zero-order valence-corrected chi connectivity index (χ0v) is 18.4. The molecule has 0 spiro atoms. The predicted octanol–water partition coefficient (Wildman–Crippen LogP) is 3.29. The molecule has 8 nitrogen and oxygen atoms in total. The fourth-order valence-corrected chi connectivity index (χ4v) is 4.61. The molecule has 1 aromatic heterocycles. The van der Waals surface area contributed by atoms with Gasteiger partial charge in [0.1, 0.15) is 5.82 Å². The molecule has 1 heterocycles. The Bertz CT molecular complexity index is 1130. The molecule has 0 aliphatic rings. The summed E-state index contributed by atoms with van der Waals surface area (Å²) in [5, 5.41) is 3.23. The summed E-state index contributed by atoms with van der Waals surface area (Å²) in [7, 11) is -0.341. The van der Waals surface area contributed by atoms with Crippen molar-refractivity contribution in [3.8, 4) is 11.5 Å². The molecule has 30 heavy (non-hydrogen) atoms. The average molecular weight is 431 g/mol. The highest BCUT2D eigenvalue weighted by Gasteiger charge is 2.22. The van der Waals surface area contributed by atoms with Crippen LogP contribution < -0.4 is 14.8 Å². The van der Waals surface area contributed by atoms with Gasteiger partial charge in [0.05, 0.1) is 36.3 Å². The van der Waals surface area contributed by atoms with Gasteiger partial charge < -0.3 is 14.8 Å². The highest BCUT2D eigenvalue weighted by molar-refractivity contribution is 7.89. The third-order valence-corrected chi connectivity index (χ3v) is 6.82. The van der Waals surface area contributed by atoms with Gasteiger partial charge in [-0.15, -0.1) is 0 Å². The van der Waals surface area contributed by atoms with Gasteiger partial charge in [0, 0.05) is 19.6 Å². The van der Waals surface area contributed by atoms with E-state index in [1.165, 1.54) is 4.31 Å². The second kappa shape index (κ2) is 9.27. The van der Waals surface area contributed by atoms with Crippen molar-refractivity contribution in [2.24, 2.45) is 0 Å². The maximum Gasteiger partial charge on any atom is 0.243 e. The first kappa shape index (κ1) is 21.8. The van der Waals surface area contributed by atoms with Gasteiger partial charge in [0.15, 0.2) is 11.5 Å². The lowest BCUT2D eigenvalue weighted by atomic mass is 10.2. The Morgan fingerprint density at radius 2 is 1.70 bits per heavy atom. The smallest absolute Gasteiger partial charge is 0.243 e. The van der Waals surface area contributed by atoms with Gasteiger partial charge in [-0.2, -0.15) is 4.31 Å². The second-order valence-corrected chi connectivity index (χ2v) is 8.48. The van der Waals surface area contributed by atoms with Crippen LogP contribution in [-0.2, 0) is 16.6 Å². The Kier molecular flexibility index (Phi) is 6.73. The third-order valence-electron chi connectivity index (χ3n) is 4.78. The van der Waals surface area contributed by atoms with Crippen LogP contribution in [0, 0.1) is 0 Å². The summed E-state index contributed by atoms with van der Waals surface area (Å²) in [6.07, 6.45) is 1.59. The zero-order valence-electron chi connectivity index (χ0n) is 17.5. The molecule has 0 saturated heterocycles. The van der Waals surface area contributed by atoms with Crippen molar-refractivity contribution in [3.05, 3.63) is 48.2 Å². The number of sulfonamides is 1. The SMILES string of the molecule is CCN(CC)S(=O)(=O)c1ccc2nc(NCc3ccc(OC)c(OC)c3)cnc2c1. The molecule has 2 aromatic carbocycles. The molecule has 0 radical (unpaired) electrons. The van der Waals surface area contributed by atoms with Crippen molar-refractivity contribution in [2.75, 3.05) is 32.6 Å². The van der Waals surface area contributed by atoms with E-state index in [2.05, 4.69) is 15.3 Å². The lowest BCUT2D eigenvalue weighted by Gasteiger charge is -2.18. The van der Waals surface area contributed by atoms with Crippen molar-refractivity contribution in [1.29, 1.82) is 0 Å². The highest BCUT2D eigenvalue weighted by Crippen LogP contribution is 2.28. The number of aromatic nitrogens is 2. The van der Waals surface area contributed by atoms with Crippen molar-refractivity contribution in [2.45, 2.75) is 25.3 Å². The minimum atomic E-state index is -3.53. The van der Waals surface area contributed by atoms with Crippen molar-refractivity contribution in [3.63, 3.8) is 0 Å². The van der Waals surface area contributed by atoms with Gasteiger partial charge in [-0.3, -0.25) is 4.98 Å². The van der Waals surface area contributed by atoms with Gasteiger partial charge >= 0.3 is 0 Å². The summed E-state index contributed by atoms with van der Waals surface area (Å²) < 4.78 is 37.4. The van der Waals surface area contributed by atoms with Gasteiger partial charge in [0.25, 0.3) is 0 Å². The third kappa shape index (κ3) is 4.47. The van der Waals surface area contributed by atoms with E-state index in [-0.39, 0.29) is 4.90 Å². The predicted molar refractivity (Wildman–Crippen MR) is 117 cm³/mol. The van der Waals surface area contributed by atoms with Crippen LogP contribution in [0.1, 0.15) is 19.4 Å². The maximum atomic E-state index is 12.7. The van der Waals surface area contributed by atoms with Gasteiger partial charge in [-0.1, -0.05) is 19.9 Å². The van der Waals surface area contributed by atoms with Crippen LogP contribution >= 0.6 is 0 Å². The monoisotopic (exact) mass is 430 g/mol. The standard InChI is InChI=1S/C21H26N4O4S/c1-5-25(6-2)30(26,27)16-8-9-17-18(12-16)22-14-21(24-17)23-13-15-7-10-19(28-3)20(11-15)29-4/h7-12,14H,5-6,13H2,1-4H3,(H,23,24). The van der Waals surface area contributed by atoms with Crippen LogP contribution in [0.2, 0.25) is 0 Å². The van der Waals surface area contributed by atoms with E-state index in [0.29, 0.717) is 48.0 Å². The van der Waals surface area contributed by atoms with Crippen molar-refractivity contribution < 1.29 is 17.9 Å². The van der Waals surface area contributed by atoms with Crippen molar-refractivity contribution >= 4 is 26.9 Å². The Labute approximate surface area is 176 Å². The number of ether oxygens (including phenoxy) is 2. The Morgan fingerprint density at radius 3 is 2.37 bits per heavy atom. The summed E-state index contributed by atoms with van der Waals surface area (Å²) in [5.74, 6) is 1.92. The summed E-state index contributed by atoms with van der Waals surface area (Å²) in [6.45, 7) is 4.99. The van der Waals surface area contributed by atoms with E-state index in [1.54, 1.807) is 38.6 Å². The van der Waals surface area contributed by atoms with E-state index in [1.807, 2.05) is 32.0 Å². The number of benzene rings is 2. The van der Waals surface area contributed by atoms with Crippen LogP contribution in [0.25, 0.3) is 11.0 Å². The first-order chi connectivity index (χ1) is 14.4. The molecule has 0 aliphatic heterocycles. The Morgan fingerprint density at radius 1 is 0.967 bits per heavy atom. The maximum absolute atomic E-state index is 12.7. The number of methoxy groups -OCH3 is 2. The second-order valence-electron chi connectivity index (χ2n) is 6.54. The van der Waals surface area contributed by atoms with Gasteiger partial charge in [-0.05, 0) is 35.9 Å². The molecule has 0 fully saturated rings. The zero-order chi connectivity index (χ0) is 21.7. The highest BCUT2D eigenvalue weighted by atomic mass is 32.2. The number of nitrogens with zero attached hydrogens (tertiary/aromatic N) is 3. The van der Waals surface area contributed by atoms with E-state index in [4.69, 9.17) is 9.47 Å². The lowest BCUT2D eigenvalue weighted by Crippen LogP contribution is -2.30. The van der Waals surface area contributed by atoms with Gasteiger partial charge in [0.2, 0.25) is 10.0 Å². The number of anilines is 1. The molecule has 160 valence electrons. The summed E-state index contributed by atoms with van der Waals surface area (Å²) in [4.78, 5) is 9.15. The molecule has 9 heteroatoms.